The van der Waals surface area contributed by atoms with E-state index in [0.717, 1.165) is 36.6 Å². The average Bonchev–Trinajstić information content (AvgIpc) is 4.11. The summed E-state index contributed by atoms with van der Waals surface area (Å²) in [5, 5.41) is 35.8. The van der Waals surface area contributed by atoms with Crippen molar-refractivity contribution < 1.29 is 81.8 Å². The number of nitrogens with zero attached hydrogens (tertiary/aromatic N) is 1. The van der Waals surface area contributed by atoms with Crippen molar-refractivity contribution in [1.29, 1.82) is 0 Å². The minimum absolute atomic E-state index is 0.0306. The summed E-state index contributed by atoms with van der Waals surface area (Å²) in [5.74, 6) is -13.3. The Balaban J connectivity index is 1.23. The van der Waals surface area contributed by atoms with Crippen molar-refractivity contribution in [1.82, 2.24) is 68.7 Å². The van der Waals surface area contributed by atoms with Gasteiger partial charge in [-0.3, -0.25) is 71.9 Å². The molecule has 0 aromatic carbocycles. The van der Waals surface area contributed by atoms with E-state index in [1.807, 2.05) is 4.90 Å². The molecule has 36 heteroatoms. The number of carbonyl (C=O) groups is 16. The zero-order chi connectivity index (χ0) is 60.1. The second kappa shape index (κ2) is 34.6. The molecule has 3 aliphatic rings. The number of hydrogen-bond acceptors (Lipinski definition) is 20. The molecule has 1 saturated heterocycles. The molecule has 3 fully saturated rings. The van der Waals surface area contributed by atoms with Crippen molar-refractivity contribution >= 4 is 130 Å². The summed E-state index contributed by atoms with van der Waals surface area (Å²) in [6.07, 6.45) is 7.11. The molecule has 0 spiro atoms. The first-order valence-corrected chi connectivity index (χ1v) is 28.6. The normalized spacial score (nSPS) is 17.6. The van der Waals surface area contributed by atoms with Crippen molar-refractivity contribution in [3.05, 3.63) is 0 Å². The lowest BCUT2D eigenvalue weighted by Gasteiger charge is -2.31. The fourth-order valence-corrected chi connectivity index (χ4v) is 11.3. The molecule has 3 rings (SSSR count). The lowest BCUT2D eigenvalue weighted by molar-refractivity contribution is -0.141. The van der Waals surface area contributed by atoms with Gasteiger partial charge in [-0.25, -0.2) is 4.79 Å². The minimum Gasteiger partial charge on any atom is -0.480 e. The van der Waals surface area contributed by atoms with E-state index < -0.39 is 172 Å². The minimum atomic E-state index is -1.39. The van der Waals surface area contributed by atoms with Crippen LogP contribution in [0, 0.1) is 10.8 Å². The highest BCUT2D eigenvalue weighted by atomic mass is 32.2. The Morgan fingerprint density at radius 1 is 0.407 bits per heavy atom. The van der Waals surface area contributed by atoms with Crippen molar-refractivity contribution in [3.8, 4) is 0 Å². The Hall–Kier alpha value is -7.47. The SMILES string of the molecule is NC(=O)CSC[C@H](NC(=O)CNC(=O)CNC(=O)CNC(=O)CNC(=O)CNC(=O)[C@H](CSCC(N)=O)NC(=O)CNC(=O)CNC(=O)CNC(=O)CNC(=O)CNC(=O)[C@@H](N)CSCC(=O)N1CC23CCCC2(CCC3)C1)C(=O)O. The predicted octanol–water partition coefficient (Wildman–Crippen LogP) is -10.1. The van der Waals surface area contributed by atoms with E-state index in [9.17, 15) is 81.8 Å². The van der Waals surface area contributed by atoms with Crippen molar-refractivity contribution in [2.24, 2.45) is 28.0 Å². The van der Waals surface area contributed by atoms with Crippen molar-refractivity contribution in [2.75, 3.05) is 113 Å². The van der Waals surface area contributed by atoms with Crippen molar-refractivity contribution in [3.63, 3.8) is 0 Å². The molecule has 19 N–H and O–H groups in total. The second-order valence-corrected chi connectivity index (χ2v) is 21.9. The van der Waals surface area contributed by atoms with Crippen LogP contribution >= 0.6 is 35.3 Å². The van der Waals surface area contributed by atoms with Crippen LogP contribution in [0.2, 0.25) is 0 Å². The highest BCUT2D eigenvalue weighted by Gasteiger charge is 2.62. The van der Waals surface area contributed by atoms with E-state index in [-0.39, 0.29) is 51.3 Å². The first-order valence-electron chi connectivity index (χ1n) is 25.2. The molecule has 15 amide bonds. The van der Waals surface area contributed by atoms with Crippen LogP contribution in [-0.2, 0) is 76.7 Å². The monoisotopic (exact) mass is 1200 g/mol. The maximum atomic E-state index is 13.0. The lowest BCUT2D eigenvalue weighted by Crippen LogP contribution is -2.53. The topological polar surface area (TPSA) is 519 Å². The van der Waals surface area contributed by atoms with Crippen LogP contribution in [0.1, 0.15) is 38.5 Å². The molecule has 0 bridgehead atoms. The van der Waals surface area contributed by atoms with Crippen molar-refractivity contribution in [2.45, 2.75) is 56.7 Å². The lowest BCUT2D eigenvalue weighted by atomic mass is 9.71. The highest BCUT2D eigenvalue weighted by Crippen LogP contribution is 2.66. The summed E-state index contributed by atoms with van der Waals surface area (Å²) in [4.78, 5) is 196. The van der Waals surface area contributed by atoms with Gasteiger partial charge in [0.25, 0.3) is 0 Å². The van der Waals surface area contributed by atoms with E-state index in [4.69, 9.17) is 17.2 Å². The molecule has 450 valence electrons. The van der Waals surface area contributed by atoms with Gasteiger partial charge in [-0.15, -0.1) is 35.3 Å². The van der Waals surface area contributed by atoms with Gasteiger partial charge in [0, 0.05) is 30.3 Å². The molecule has 3 atom stereocenters. The van der Waals surface area contributed by atoms with Gasteiger partial charge in [0.1, 0.15) is 12.1 Å². The number of aliphatic carboxylic acids is 1. The quantitative estimate of drug-likeness (QED) is 0.0275. The molecule has 2 saturated carbocycles. The summed E-state index contributed by atoms with van der Waals surface area (Å²) in [7, 11) is 0. The summed E-state index contributed by atoms with van der Waals surface area (Å²) >= 11 is 2.97. The molecular weight excluding hydrogens is 1130 g/mol. The Morgan fingerprint density at radius 3 is 1.05 bits per heavy atom. The molecule has 33 nitrogen and oxygen atoms in total. The van der Waals surface area contributed by atoms with Gasteiger partial charge in [0.05, 0.1) is 88.7 Å². The predicted molar refractivity (Wildman–Crippen MR) is 289 cm³/mol. The number of amides is 15. The van der Waals surface area contributed by atoms with Gasteiger partial charge in [-0.05, 0) is 36.5 Å². The number of carboxylic acid groups (broad SMARTS) is 1. The number of carbonyl (C=O) groups excluding carboxylic acids is 15. The maximum Gasteiger partial charge on any atom is 0.327 e. The van der Waals surface area contributed by atoms with Gasteiger partial charge < -0.3 is 91.0 Å². The summed E-state index contributed by atoms with van der Waals surface area (Å²) in [6.45, 7) is -4.78. The molecule has 0 aromatic rings. The molecule has 81 heavy (non-hydrogen) atoms. The molecular formula is C45H70N16O17S3. The number of nitrogens with one attached hydrogen (secondary N) is 12. The second-order valence-electron chi connectivity index (χ2n) is 18.8. The van der Waals surface area contributed by atoms with E-state index in [0.29, 0.717) is 0 Å². The largest absolute Gasteiger partial charge is 0.480 e. The maximum absolute atomic E-state index is 13.0. The average molecular weight is 1200 g/mol. The van der Waals surface area contributed by atoms with Crippen LogP contribution in [0.4, 0.5) is 0 Å². The van der Waals surface area contributed by atoms with E-state index >= 15 is 0 Å². The highest BCUT2D eigenvalue weighted by molar-refractivity contribution is 8.00. The number of likely N-dealkylation sites (tertiary alicyclic amines) is 1. The number of rotatable bonds is 37. The van der Waals surface area contributed by atoms with Crippen LogP contribution in [0.25, 0.3) is 0 Å². The summed E-state index contributed by atoms with van der Waals surface area (Å²) in [5.41, 5.74) is 16.6. The molecule has 0 aromatic heterocycles. The van der Waals surface area contributed by atoms with Crippen LogP contribution in [0.15, 0.2) is 0 Å². The Kier molecular flexibility index (Phi) is 29.0. The molecule has 0 unspecified atom stereocenters. The number of carboxylic acids is 1. The van der Waals surface area contributed by atoms with E-state index in [2.05, 4.69) is 63.8 Å². The van der Waals surface area contributed by atoms with Gasteiger partial charge in [0.2, 0.25) is 88.6 Å². The third-order valence-corrected chi connectivity index (χ3v) is 15.9. The molecule has 0 radical (unpaired) electrons. The fraction of sp³-hybridized carbons (Fsp3) is 0.644. The Labute approximate surface area is 476 Å². The Morgan fingerprint density at radius 2 is 0.704 bits per heavy atom. The van der Waals surface area contributed by atoms with Crippen LogP contribution in [0.3, 0.4) is 0 Å². The van der Waals surface area contributed by atoms with Gasteiger partial charge in [0.15, 0.2) is 0 Å². The summed E-state index contributed by atoms with van der Waals surface area (Å²) < 4.78 is 0. The van der Waals surface area contributed by atoms with E-state index in [1.54, 1.807) is 0 Å². The van der Waals surface area contributed by atoms with Gasteiger partial charge >= 0.3 is 5.97 Å². The molecule has 2 aliphatic carbocycles. The number of nitrogens with two attached hydrogens (primary N) is 3. The van der Waals surface area contributed by atoms with Crippen LogP contribution < -0.4 is 81.0 Å². The standard InChI is InChI=1S/C45H70N16O17S3/c46-25(17-79-22-40(74)61-23-44-3-1-4-45(44,24-61)6-2-5-44)41(75)57-13-36(70)53-9-32(66)49-7-30(64)51-11-34(68)55-15-38(72)59-26(18-80-20-28(47)62)42(76)58-14-37(71)54-10-33(67)50-8-31(65)52-12-35(69)56-16-39(73)60-27(43(77)78)19-81-21-29(48)63/h25-27H,1-24,46H2,(H2,47,62)(H2,48,63)(H,49,66)(H,50,67)(H,51,64)(H,52,65)(H,53,70)(H,54,71)(H,55,68)(H,56,69)(H,57,75)(H,58,76)(H,59,72)(H,60,73)(H,77,78)/t25-,26-,27-,44?,45?/m0/s1. The first-order chi connectivity index (χ1) is 38.3. The number of primary amides is 2. The number of thioether (sulfide) groups is 3. The zero-order valence-corrected chi connectivity index (χ0v) is 46.5. The Bertz CT molecular complexity index is 2360. The van der Waals surface area contributed by atoms with E-state index in [1.165, 1.54) is 50.3 Å². The zero-order valence-electron chi connectivity index (χ0n) is 44.1. The van der Waals surface area contributed by atoms with Gasteiger partial charge in [-0.2, -0.15) is 0 Å². The third-order valence-electron chi connectivity index (χ3n) is 12.7. The third kappa shape index (κ3) is 25.3. The van der Waals surface area contributed by atoms with Gasteiger partial charge in [-0.1, -0.05) is 12.8 Å². The molecule has 1 heterocycles. The smallest absolute Gasteiger partial charge is 0.327 e. The fourth-order valence-electron chi connectivity index (χ4n) is 8.82. The first kappa shape index (κ1) is 67.8. The van der Waals surface area contributed by atoms with Crippen LogP contribution in [0.5, 0.6) is 0 Å². The number of hydrogen-bond donors (Lipinski definition) is 16. The van der Waals surface area contributed by atoms with Crippen LogP contribution in [-0.4, -0.2) is 236 Å². The molecule has 1 aliphatic heterocycles. The summed E-state index contributed by atoms with van der Waals surface area (Å²) in [6, 6.07) is -3.76.